The van der Waals surface area contributed by atoms with Crippen molar-refractivity contribution >= 4 is 33.4 Å². The van der Waals surface area contributed by atoms with Crippen LogP contribution in [0, 0.1) is 12.8 Å². The van der Waals surface area contributed by atoms with Gasteiger partial charge in [-0.1, -0.05) is 6.07 Å². The number of amides is 1. The highest BCUT2D eigenvalue weighted by Gasteiger charge is 2.28. The van der Waals surface area contributed by atoms with Crippen molar-refractivity contribution in [3.05, 3.63) is 69.7 Å². The zero-order chi connectivity index (χ0) is 23.7. The molecule has 176 valence electrons. The molecule has 5 rings (SSSR count). The minimum Gasteiger partial charge on any atom is -0.497 e. The summed E-state index contributed by atoms with van der Waals surface area (Å²) >= 11 is 1.39. The lowest BCUT2D eigenvalue weighted by Gasteiger charge is -2.33. The van der Waals surface area contributed by atoms with Gasteiger partial charge in [-0.15, -0.1) is 11.3 Å². The van der Waals surface area contributed by atoms with Crippen molar-refractivity contribution in [3.8, 4) is 11.4 Å². The Labute approximate surface area is 200 Å². The molecule has 3 aromatic heterocycles. The first-order chi connectivity index (χ1) is 16.5. The molecule has 0 spiro atoms. The molecule has 0 aliphatic carbocycles. The summed E-state index contributed by atoms with van der Waals surface area (Å²) in [6, 6.07) is 13.1. The second-order valence-corrected chi connectivity index (χ2v) is 9.30. The molecule has 4 heterocycles. The van der Waals surface area contributed by atoms with Gasteiger partial charge < -0.3 is 19.4 Å². The summed E-state index contributed by atoms with van der Waals surface area (Å²) in [7, 11) is 1.60. The Balaban J connectivity index is 1.37. The fourth-order valence-corrected chi connectivity index (χ4v) is 5.10. The summed E-state index contributed by atoms with van der Waals surface area (Å²) in [5.41, 5.74) is 1.30. The summed E-state index contributed by atoms with van der Waals surface area (Å²) in [4.78, 5) is 33.1. The minimum atomic E-state index is -0.100. The second-order valence-electron chi connectivity index (χ2n) is 8.38. The number of thiophene rings is 1. The van der Waals surface area contributed by atoms with E-state index in [1.165, 1.54) is 11.3 Å². The van der Waals surface area contributed by atoms with Crippen LogP contribution in [0.25, 0.3) is 15.9 Å². The molecular weight excluding hydrogens is 452 g/mol. The van der Waals surface area contributed by atoms with Crippen LogP contribution in [0.4, 0.5) is 5.95 Å². The first kappa shape index (κ1) is 22.2. The number of ether oxygens (including phenoxy) is 1. The lowest BCUT2D eigenvalue weighted by Crippen LogP contribution is -2.42. The van der Waals surface area contributed by atoms with E-state index in [2.05, 4.69) is 10.2 Å². The van der Waals surface area contributed by atoms with Gasteiger partial charge in [-0.3, -0.25) is 9.59 Å². The Morgan fingerprint density at radius 3 is 2.79 bits per heavy atom. The molecule has 1 aliphatic heterocycles. The number of benzene rings is 1. The third-order valence-electron chi connectivity index (χ3n) is 6.16. The van der Waals surface area contributed by atoms with Crippen molar-refractivity contribution in [1.29, 1.82) is 0 Å². The molecule has 4 aromatic rings. The summed E-state index contributed by atoms with van der Waals surface area (Å²) in [6.45, 7) is 3.53. The van der Waals surface area contributed by atoms with Crippen molar-refractivity contribution in [1.82, 2.24) is 14.9 Å². The van der Waals surface area contributed by atoms with Crippen molar-refractivity contribution in [3.63, 3.8) is 0 Å². The summed E-state index contributed by atoms with van der Waals surface area (Å²) in [5.74, 6) is 2.78. The molecule has 0 radical (unpaired) electrons. The predicted molar refractivity (Wildman–Crippen MR) is 132 cm³/mol. The van der Waals surface area contributed by atoms with E-state index in [0.717, 1.165) is 11.5 Å². The highest BCUT2D eigenvalue weighted by molar-refractivity contribution is 7.17. The number of aromatic nitrogens is 2. The van der Waals surface area contributed by atoms with Crippen molar-refractivity contribution < 1.29 is 13.9 Å². The maximum Gasteiger partial charge on any atom is 0.277 e. The monoisotopic (exact) mass is 478 g/mol. The average Bonchev–Trinajstić information content (AvgIpc) is 3.51. The van der Waals surface area contributed by atoms with E-state index >= 15 is 0 Å². The fraction of sp³-hybridized carbons (Fsp3) is 0.320. The van der Waals surface area contributed by atoms with E-state index in [1.807, 2.05) is 54.8 Å². The number of furan rings is 1. The van der Waals surface area contributed by atoms with Crippen molar-refractivity contribution in [2.45, 2.75) is 26.3 Å². The molecule has 0 unspecified atom stereocenters. The molecule has 0 atom stereocenters. The number of carbonyl (C=O) groups is 1. The molecular formula is C25H26N4O4S. The largest absolute Gasteiger partial charge is 0.497 e. The van der Waals surface area contributed by atoms with Crippen LogP contribution >= 0.6 is 11.3 Å². The molecule has 1 aromatic carbocycles. The summed E-state index contributed by atoms with van der Waals surface area (Å²) < 4.78 is 13.2. The van der Waals surface area contributed by atoms with Gasteiger partial charge in [0.05, 0.1) is 24.9 Å². The third kappa shape index (κ3) is 4.31. The maximum absolute atomic E-state index is 13.4. The first-order valence-electron chi connectivity index (χ1n) is 11.3. The zero-order valence-corrected chi connectivity index (χ0v) is 19.9. The number of piperidine rings is 1. The Morgan fingerprint density at radius 2 is 2.06 bits per heavy atom. The standard InChI is InChI=1S/C25H26N4O4S/c1-16-6-7-20(33-16)15-26-23(30)17-8-11-28(12-9-17)25-27-21-10-13-34-22(21)24(31)29(25)18-4-3-5-19(14-18)32-2/h3-7,10,13-14,17H,8-9,11-12,15H2,1-2H3,(H,26,30). The Kier molecular flexibility index (Phi) is 6.10. The number of nitrogens with one attached hydrogen (secondary N) is 1. The number of rotatable bonds is 6. The molecule has 34 heavy (non-hydrogen) atoms. The van der Waals surface area contributed by atoms with Gasteiger partial charge in [0.2, 0.25) is 11.9 Å². The number of methoxy groups -OCH3 is 1. The van der Waals surface area contributed by atoms with E-state index in [0.29, 0.717) is 60.1 Å². The normalized spacial score (nSPS) is 14.5. The molecule has 0 saturated carbocycles. The molecule has 1 N–H and O–H groups in total. The topological polar surface area (TPSA) is 89.6 Å². The van der Waals surface area contributed by atoms with Gasteiger partial charge in [-0.25, -0.2) is 9.55 Å². The van der Waals surface area contributed by atoms with Gasteiger partial charge in [0.25, 0.3) is 5.56 Å². The summed E-state index contributed by atoms with van der Waals surface area (Å²) in [5, 5.41) is 4.87. The summed E-state index contributed by atoms with van der Waals surface area (Å²) in [6.07, 6.45) is 1.36. The van der Waals surface area contributed by atoms with Crippen LogP contribution in [0.5, 0.6) is 5.75 Å². The average molecular weight is 479 g/mol. The van der Waals surface area contributed by atoms with E-state index in [9.17, 15) is 9.59 Å². The number of nitrogens with zero attached hydrogens (tertiary/aromatic N) is 3. The first-order valence-corrected chi connectivity index (χ1v) is 12.1. The van der Waals surface area contributed by atoms with E-state index < -0.39 is 0 Å². The van der Waals surface area contributed by atoms with Crippen LogP contribution < -0.4 is 20.5 Å². The number of hydrogen-bond acceptors (Lipinski definition) is 7. The predicted octanol–water partition coefficient (Wildman–Crippen LogP) is 3.89. The Hall–Kier alpha value is -3.59. The molecule has 1 amide bonds. The van der Waals surface area contributed by atoms with Gasteiger partial charge in [-0.05, 0) is 55.5 Å². The third-order valence-corrected chi connectivity index (χ3v) is 7.05. The van der Waals surface area contributed by atoms with Gasteiger partial charge in [0.15, 0.2) is 0 Å². The van der Waals surface area contributed by atoms with E-state index in [4.69, 9.17) is 14.1 Å². The second kappa shape index (κ2) is 9.34. The maximum atomic E-state index is 13.4. The highest BCUT2D eigenvalue weighted by Crippen LogP contribution is 2.27. The lowest BCUT2D eigenvalue weighted by atomic mass is 9.96. The number of fused-ring (bicyclic) bond motifs is 1. The van der Waals surface area contributed by atoms with E-state index in [-0.39, 0.29) is 17.4 Å². The molecule has 1 saturated heterocycles. The molecule has 1 fully saturated rings. The van der Waals surface area contributed by atoms with Crippen LogP contribution in [0.3, 0.4) is 0 Å². The zero-order valence-electron chi connectivity index (χ0n) is 19.1. The molecule has 9 heteroatoms. The SMILES string of the molecule is COc1cccc(-n2c(N3CCC(C(=O)NCc4ccc(C)o4)CC3)nc3ccsc3c2=O)c1. The van der Waals surface area contributed by atoms with Gasteiger partial charge in [0.1, 0.15) is 22.0 Å². The quantitative estimate of drug-likeness (QED) is 0.452. The van der Waals surface area contributed by atoms with Crippen LogP contribution in [0.2, 0.25) is 0 Å². The van der Waals surface area contributed by atoms with Gasteiger partial charge in [0, 0.05) is 25.1 Å². The van der Waals surface area contributed by atoms with Gasteiger partial charge >= 0.3 is 0 Å². The number of hydrogen-bond donors (Lipinski definition) is 1. The molecule has 0 bridgehead atoms. The molecule has 1 aliphatic rings. The fourth-order valence-electron chi connectivity index (χ4n) is 4.34. The number of carbonyl (C=O) groups excluding carboxylic acids is 1. The van der Waals surface area contributed by atoms with Crippen LogP contribution in [-0.2, 0) is 11.3 Å². The Morgan fingerprint density at radius 1 is 1.24 bits per heavy atom. The van der Waals surface area contributed by atoms with Crippen LogP contribution in [0.1, 0.15) is 24.4 Å². The Bertz CT molecular complexity index is 1380. The van der Waals surface area contributed by atoms with Gasteiger partial charge in [-0.2, -0.15) is 0 Å². The number of anilines is 1. The van der Waals surface area contributed by atoms with Crippen molar-refractivity contribution in [2.24, 2.45) is 5.92 Å². The van der Waals surface area contributed by atoms with E-state index in [1.54, 1.807) is 11.7 Å². The number of aryl methyl sites for hydroxylation is 1. The molecule has 8 nitrogen and oxygen atoms in total. The van der Waals surface area contributed by atoms with Crippen LogP contribution in [-0.4, -0.2) is 35.7 Å². The minimum absolute atomic E-state index is 0.0279. The highest BCUT2D eigenvalue weighted by atomic mass is 32.1. The van der Waals surface area contributed by atoms with Crippen molar-refractivity contribution in [2.75, 3.05) is 25.1 Å². The smallest absolute Gasteiger partial charge is 0.277 e. The van der Waals surface area contributed by atoms with Crippen LogP contribution in [0.15, 0.2) is 57.1 Å². The lowest BCUT2D eigenvalue weighted by molar-refractivity contribution is -0.125.